The Morgan fingerprint density at radius 3 is 1.83 bits per heavy atom. The molecule has 1 fully saturated rings. The molecule has 1 aliphatic carbocycles. The topological polar surface area (TPSA) is 96.0 Å². The van der Waals surface area contributed by atoms with Crippen molar-refractivity contribution in [2.75, 3.05) is 14.2 Å². The fourth-order valence-corrected chi connectivity index (χ4v) is 3.93. The molecule has 1 saturated carbocycles. The van der Waals surface area contributed by atoms with Gasteiger partial charge in [0.15, 0.2) is 0 Å². The van der Waals surface area contributed by atoms with Gasteiger partial charge in [-0.15, -0.1) is 0 Å². The quantitative estimate of drug-likeness (QED) is 0.582. The van der Waals surface area contributed by atoms with Crippen LogP contribution in [0.15, 0.2) is 29.2 Å². The van der Waals surface area contributed by atoms with E-state index in [0.717, 1.165) is 5.56 Å². The Balaban J connectivity index is 2.16. The van der Waals surface area contributed by atoms with E-state index < -0.39 is 40.0 Å². The summed E-state index contributed by atoms with van der Waals surface area (Å²) < 4.78 is 39.3. The molecule has 1 aliphatic rings. The van der Waals surface area contributed by atoms with E-state index >= 15 is 0 Å². The second-order valence-corrected chi connectivity index (χ2v) is 7.29. The summed E-state index contributed by atoms with van der Waals surface area (Å²) in [6.45, 7) is 1.84. The smallest absolute Gasteiger partial charge is 0.309 e. The summed E-state index contributed by atoms with van der Waals surface area (Å²) in [7, 11) is -1.54. The van der Waals surface area contributed by atoms with Gasteiger partial charge >= 0.3 is 11.9 Å². The molecule has 0 aromatic heterocycles. The van der Waals surface area contributed by atoms with Crippen LogP contribution in [-0.2, 0) is 33.4 Å². The summed E-state index contributed by atoms with van der Waals surface area (Å²) in [5, 5.41) is 0. The molecule has 0 unspecified atom stereocenters. The third-order valence-electron chi connectivity index (χ3n) is 4.10. The number of aryl methyl sites for hydroxylation is 1. The van der Waals surface area contributed by atoms with E-state index in [0.29, 0.717) is 0 Å². The molecule has 0 heterocycles. The number of methoxy groups -OCH3 is 2. The number of hydrogen-bond donors (Lipinski definition) is 0. The Morgan fingerprint density at radius 2 is 1.42 bits per heavy atom. The maximum absolute atomic E-state index is 12.3. The predicted molar refractivity (Wildman–Crippen MR) is 83.5 cm³/mol. The van der Waals surface area contributed by atoms with Gasteiger partial charge in [0.05, 0.1) is 37.1 Å². The number of benzene rings is 1. The highest BCUT2D eigenvalue weighted by Gasteiger charge is 2.46. The molecule has 0 radical (unpaired) electrons. The van der Waals surface area contributed by atoms with Crippen molar-refractivity contribution in [3.63, 3.8) is 0 Å². The van der Waals surface area contributed by atoms with Crippen LogP contribution in [0.5, 0.6) is 0 Å². The molecule has 0 saturated heterocycles. The first-order valence-electron chi connectivity index (χ1n) is 7.44. The van der Waals surface area contributed by atoms with Gasteiger partial charge in [0.2, 0.25) is 0 Å². The summed E-state index contributed by atoms with van der Waals surface area (Å²) in [5.74, 6) is -2.71. The van der Waals surface area contributed by atoms with E-state index in [-0.39, 0.29) is 17.7 Å². The largest absolute Gasteiger partial charge is 0.469 e. The molecule has 24 heavy (non-hydrogen) atoms. The molecule has 2 rings (SSSR count). The van der Waals surface area contributed by atoms with Crippen molar-refractivity contribution in [3.8, 4) is 0 Å². The van der Waals surface area contributed by atoms with Gasteiger partial charge in [-0.2, -0.15) is 8.42 Å². The Bertz CT molecular complexity index is 684. The van der Waals surface area contributed by atoms with Crippen LogP contribution in [0, 0.1) is 18.8 Å². The average Bonchev–Trinajstić information content (AvgIpc) is 2.96. The summed E-state index contributed by atoms with van der Waals surface area (Å²) in [4.78, 5) is 23.7. The third kappa shape index (κ3) is 3.93. The second kappa shape index (κ2) is 7.31. The maximum atomic E-state index is 12.3. The highest BCUT2D eigenvalue weighted by atomic mass is 32.2. The van der Waals surface area contributed by atoms with Crippen LogP contribution >= 0.6 is 0 Å². The van der Waals surface area contributed by atoms with Crippen LogP contribution in [0.4, 0.5) is 0 Å². The Labute approximate surface area is 141 Å². The lowest BCUT2D eigenvalue weighted by atomic mass is 9.96. The molecule has 1 aromatic carbocycles. The minimum atomic E-state index is -3.98. The zero-order valence-corrected chi connectivity index (χ0v) is 14.5. The highest BCUT2D eigenvalue weighted by molar-refractivity contribution is 7.86. The number of ether oxygens (including phenoxy) is 2. The second-order valence-electron chi connectivity index (χ2n) is 5.72. The molecule has 132 valence electrons. The van der Waals surface area contributed by atoms with Crippen molar-refractivity contribution in [2.24, 2.45) is 11.8 Å². The van der Waals surface area contributed by atoms with Gasteiger partial charge in [-0.3, -0.25) is 13.8 Å². The molecule has 0 aliphatic heterocycles. The lowest BCUT2D eigenvalue weighted by Crippen LogP contribution is -2.27. The number of hydrogen-bond acceptors (Lipinski definition) is 7. The maximum Gasteiger partial charge on any atom is 0.309 e. The normalized spacial score (nSPS) is 21.5. The Hall–Kier alpha value is -1.93. The Morgan fingerprint density at radius 1 is 0.958 bits per heavy atom. The van der Waals surface area contributed by atoms with Gasteiger partial charge in [0, 0.05) is 0 Å². The molecule has 8 heteroatoms. The van der Waals surface area contributed by atoms with Crippen LogP contribution in [0.2, 0.25) is 0 Å². The fourth-order valence-electron chi connectivity index (χ4n) is 2.83. The minimum Gasteiger partial charge on any atom is -0.469 e. The van der Waals surface area contributed by atoms with Crippen LogP contribution < -0.4 is 0 Å². The SMILES string of the molecule is COC(=O)[C@H]1CC(OS(=O)(=O)c2ccc(C)cc2)C[C@@H]1C(=O)OC. The van der Waals surface area contributed by atoms with E-state index in [1.165, 1.54) is 26.4 Å². The zero-order chi connectivity index (χ0) is 17.9. The molecule has 0 amide bonds. The predicted octanol–water partition coefficient (Wildman–Crippen LogP) is 1.44. The van der Waals surface area contributed by atoms with Crippen molar-refractivity contribution in [1.29, 1.82) is 0 Å². The molecule has 2 atom stereocenters. The van der Waals surface area contributed by atoms with Gasteiger partial charge in [-0.05, 0) is 31.9 Å². The Kier molecular flexibility index (Phi) is 5.61. The van der Waals surface area contributed by atoms with Crippen LogP contribution in [0.3, 0.4) is 0 Å². The van der Waals surface area contributed by atoms with Crippen molar-refractivity contribution >= 4 is 22.1 Å². The minimum absolute atomic E-state index is 0.0317. The van der Waals surface area contributed by atoms with Gasteiger partial charge < -0.3 is 9.47 Å². The summed E-state index contributed by atoms with van der Waals surface area (Å²) in [6, 6.07) is 6.24. The van der Waals surface area contributed by atoms with Gasteiger partial charge in [0.1, 0.15) is 0 Å². The van der Waals surface area contributed by atoms with Crippen molar-refractivity contribution in [2.45, 2.75) is 30.8 Å². The average molecular weight is 356 g/mol. The molecule has 0 bridgehead atoms. The number of esters is 2. The summed E-state index contributed by atoms with van der Waals surface area (Å²) in [5.41, 5.74) is 0.923. The number of carbonyl (C=O) groups excluding carboxylic acids is 2. The van der Waals surface area contributed by atoms with E-state index in [1.807, 2.05) is 6.92 Å². The van der Waals surface area contributed by atoms with E-state index in [2.05, 4.69) is 9.47 Å². The lowest BCUT2D eigenvalue weighted by molar-refractivity contribution is -0.156. The van der Waals surface area contributed by atoms with Crippen LogP contribution in [-0.4, -0.2) is 40.7 Å². The van der Waals surface area contributed by atoms with Crippen molar-refractivity contribution < 1.29 is 31.7 Å². The van der Waals surface area contributed by atoms with Gasteiger partial charge in [-0.1, -0.05) is 17.7 Å². The van der Waals surface area contributed by atoms with Crippen molar-refractivity contribution in [1.82, 2.24) is 0 Å². The number of rotatable bonds is 5. The first-order chi connectivity index (χ1) is 11.3. The number of carbonyl (C=O) groups is 2. The molecule has 1 aromatic rings. The molecule has 0 N–H and O–H groups in total. The fraction of sp³-hybridized carbons (Fsp3) is 0.500. The highest BCUT2D eigenvalue weighted by Crippen LogP contribution is 2.37. The summed E-state index contributed by atoms with van der Waals surface area (Å²) in [6.07, 6.45) is -0.626. The van der Waals surface area contributed by atoms with Crippen LogP contribution in [0.1, 0.15) is 18.4 Å². The molecule has 0 spiro atoms. The molecular formula is C16H20O7S. The summed E-state index contributed by atoms with van der Waals surface area (Å²) >= 11 is 0. The van der Waals surface area contributed by atoms with Gasteiger partial charge in [-0.25, -0.2) is 0 Å². The van der Waals surface area contributed by atoms with E-state index in [4.69, 9.17) is 4.18 Å². The standard InChI is InChI=1S/C16H20O7S/c1-10-4-6-12(7-5-10)24(19,20)23-11-8-13(15(17)21-2)14(9-11)16(18)22-3/h4-7,11,13-14H,8-9H2,1-3H3/t13-,14-/m0/s1. The monoisotopic (exact) mass is 356 g/mol. The molecule has 7 nitrogen and oxygen atoms in total. The van der Waals surface area contributed by atoms with Gasteiger partial charge in [0.25, 0.3) is 10.1 Å². The molecular weight excluding hydrogens is 336 g/mol. The third-order valence-corrected chi connectivity index (χ3v) is 5.47. The first kappa shape index (κ1) is 18.4. The van der Waals surface area contributed by atoms with Crippen LogP contribution in [0.25, 0.3) is 0 Å². The van der Waals surface area contributed by atoms with E-state index in [9.17, 15) is 18.0 Å². The van der Waals surface area contributed by atoms with E-state index in [1.54, 1.807) is 12.1 Å². The first-order valence-corrected chi connectivity index (χ1v) is 8.85. The lowest BCUT2D eigenvalue weighted by Gasteiger charge is -2.13. The van der Waals surface area contributed by atoms with Crippen molar-refractivity contribution in [3.05, 3.63) is 29.8 Å². The zero-order valence-electron chi connectivity index (χ0n) is 13.7.